The van der Waals surface area contributed by atoms with Gasteiger partial charge in [0, 0.05) is 18.7 Å². The largest absolute Gasteiger partial charge is 0.352 e. The van der Waals surface area contributed by atoms with E-state index in [1.807, 2.05) is 47.4 Å². The Bertz CT molecular complexity index is 775. The Kier molecular flexibility index (Phi) is 6.56. The van der Waals surface area contributed by atoms with Gasteiger partial charge in [-0.3, -0.25) is 9.59 Å². The SMILES string of the molecule is CC(C)CNC(=O)c1ccc(C2SCC(=O)N2CCc2ccccc2)cc1. The number of benzene rings is 2. The fourth-order valence-corrected chi connectivity index (χ4v) is 4.28. The van der Waals surface area contributed by atoms with Gasteiger partial charge in [-0.25, -0.2) is 0 Å². The molecule has 0 saturated carbocycles. The monoisotopic (exact) mass is 382 g/mol. The Morgan fingerprint density at radius 1 is 1.15 bits per heavy atom. The minimum Gasteiger partial charge on any atom is -0.352 e. The highest BCUT2D eigenvalue weighted by molar-refractivity contribution is 8.00. The maximum absolute atomic E-state index is 12.3. The zero-order chi connectivity index (χ0) is 19.2. The highest BCUT2D eigenvalue weighted by Crippen LogP contribution is 2.38. The zero-order valence-electron chi connectivity index (χ0n) is 15.9. The lowest BCUT2D eigenvalue weighted by atomic mass is 10.1. The number of amides is 2. The highest BCUT2D eigenvalue weighted by Gasteiger charge is 2.32. The molecule has 3 rings (SSSR count). The first-order valence-electron chi connectivity index (χ1n) is 9.37. The average molecular weight is 383 g/mol. The summed E-state index contributed by atoms with van der Waals surface area (Å²) < 4.78 is 0. The van der Waals surface area contributed by atoms with Gasteiger partial charge in [0.15, 0.2) is 0 Å². The molecule has 0 spiro atoms. The third kappa shape index (κ3) is 5.13. The number of carbonyl (C=O) groups excluding carboxylic acids is 2. The van der Waals surface area contributed by atoms with Crippen molar-refractivity contribution in [2.45, 2.75) is 25.6 Å². The molecular formula is C22H26N2O2S. The van der Waals surface area contributed by atoms with Gasteiger partial charge in [-0.15, -0.1) is 11.8 Å². The van der Waals surface area contributed by atoms with Crippen LogP contribution >= 0.6 is 11.8 Å². The minimum atomic E-state index is -0.0497. The van der Waals surface area contributed by atoms with E-state index in [-0.39, 0.29) is 17.2 Å². The summed E-state index contributed by atoms with van der Waals surface area (Å²) in [6, 6.07) is 17.9. The second-order valence-corrected chi connectivity index (χ2v) is 8.28. The molecule has 1 aliphatic heterocycles. The molecule has 0 aliphatic carbocycles. The maximum atomic E-state index is 12.3. The van der Waals surface area contributed by atoms with E-state index < -0.39 is 0 Å². The average Bonchev–Trinajstić information content (AvgIpc) is 3.06. The molecule has 27 heavy (non-hydrogen) atoms. The van der Waals surface area contributed by atoms with Crippen LogP contribution in [0.1, 0.15) is 40.7 Å². The quantitative estimate of drug-likeness (QED) is 0.790. The molecule has 1 atom stereocenters. The highest BCUT2D eigenvalue weighted by atomic mass is 32.2. The molecule has 1 heterocycles. The van der Waals surface area contributed by atoms with Crippen molar-refractivity contribution < 1.29 is 9.59 Å². The summed E-state index contributed by atoms with van der Waals surface area (Å²) in [4.78, 5) is 26.5. The molecule has 2 aromatic rings. The third-order valence-electron chi connectivity index (χ3n) is 4.58. The van der Waals surface area contributed by atoms with Crippen molar-refractivity contribution in [3.8, 4) is 0 Å². The van der Waals surface area contributed by atoms with Gasteiger partial charge in [-0.1, -0.05) is 56.3 Å². The molecule has 5 heteroatoms. The first-order valence-corrected chi connectivity index (χ1v) is 10.4. The van der Waals surface area contributed by atoms with Crippen LogP contribution < -0.4 is 5.32 Å². The summed E-state index contributed by atoms with van der Waals surface area (Å²) in [5.41, 5.74) is 2.96. The molecular weight excluding hydrogens is 356 g/mol. The number of nitrogens with zero attached hydrogens (tertiary/aromatic N) is 1. The zero-order valence-corrected chi connectivity index (χ0v) is 16.7. The predicted molar refractivity (Wildman–Crippen MR) is 111 cm³/mol. The lowest BCUT2D eigenvalue weighted by molar-refractivity contribution is -0.128. The van der Waals surface area contributed by atoms with Crippen LogP contribution in [-0.2, 0) is 11.2 Å². The van der Waals surface area contributed by atoms with E-state index >= 15 is 0 Å². The number of nitrogens with one attached hydrogen (secondary N) is 1. The Morgan fingerprint density at radius 2 is 1.85 bits per heavy atom. The van der Waals surface area contributed by atoms with Crippen molar-refractivity contribution in [2.24, 2.45) is 5.92 Å². The van der Waals surface area contributed by atoms with Crippen molar-refractivity contribution in [1.29, 1.82) is 0 Å². The van der Waals surface area contributed by atoms with Crippen LogP contribution in [0.3, 0.4) is 0 Å². The molecule has 0 aromatic heterocycles. The van der Waals surface area contributed by atoms with E-state index in [9.17, 15) is 9.59 Å². The summed E-state index contributed by atoms with van der Waals surface area (Å²) in [6.45, 7) is 5.52. The van der Waals surface area contributed by atoms with Gasteiger partial charge < -0.3 is 10.2 Å². The molecule has 142 valence electrons. The number of carbonyl (C=O) groups is 2. The first kappa shape index (κ1) is 19.5. The molecule has 1 saturated heterocycles. The second kappa shape index (κ2) is 9.09. The number of hydrogen-bond donors (Lipinski definition) is 1. The molecule has 1 N–H and O–H groups in total. The lowest BCUT2D eigenvalue weighted by Gasteiger charge is -2.24. The standard InChI is InChI=1S/C22H26N2O2S/c1-16(2)14-23-21(26)18-8-10-19(11-9-18)22-24(20(25)15-27-22)13-12-17-6-4-3-5-7-17/h3-11,16,22H,12-15H2,1-2H3,(H,23,26). The van der Waals surface area contributed by atoms with Gasteiger partial charge in [0.05, 0.1) is 5.75 Å². The van der Waals surface area contributed by atoms with Crippen LogP contribution in [-0.4, -0.2) is 35.6 Å². The van der Waals surface area contributed by atoms with Crippen LogP contribution in [0, 0.1) is 5.92 Å². The fraction of sp³-hybridized carbons (Fsp3) is 0.364. The van der Waals surface area contributed by atoms with Crippen molar-refractivity contribution in [2.75, 3.05) is 18.8 Å². The Morgan fingerprint density at radius 3 is 2.52 bits per heavy atom. The summed E-state index contributed by atoms with van der Waals surface area (Å²) in [7, 11) is 0. The van der Waals surface area contributed by atoms with Crippen molar-refractivity contribution in [1.82, 2.24) is 10.2 Å². The van der Waals surface area contributed by atoms with Gasteiger partial charge in [0.25, 0.3) is 5.91 Å². The minimum absolute atomic E-state index is 0.0222. The molecule has 0 radical (unpaired) electrons. The normalized spacial score (nSPS) is 16.8. The fourth-order valence-electron chi connectivity index (χ4n) is 3.06. The van der Waals surface area contributed by atoms with Gasteiger partial charge in [0.2, 0.25) is 5.91 Å². The van der Waals surface area contributed by atoms with Gasteiger partial charge >= 0.3 is 0 Å². The number of hydrogen-bond acceptors (Lipinski definition) is 3. The maximum Gasteiger partial charge on any atom is 0.251 e. The molecule has 1 fully saturated rings. The predicted octanol–water partition coefficient (Wildman–Crippen LogP) is 3.89. The molecule has 2 aromatic carbocycles. The molecule has 0 bridgehead atoms. The van der Waals surface area contributed by atoms with E-state index in [1.54, 1.807) is 11.8 Å². The van der Waals surface area contributed by atoms with E-state index in [4.69, 9.17) is 0 Å². The number of thioether (sulfide) groups is 1. The van der Waals surface area contributed by atoms with E-state index in [1.165, 1.54) is 5.56 Å². The molecule has 1 aliphatic rings. The van der Waals surface area contributed by atoms with Crippen LogP contribution in [0.4, 0.5) is 0 Å². The van der Waals surface area contributed by atoms with Crippen LogP contribution in [0.2, 0.25) is 0 Å². The molecule has 2 amide bonds. The van der Waals surface area contributed by atoms with Crippen molar-refractivity contribution in [3.63, 3.8) is 0 Å². The Labute approximate surface area is 165 Å². The summed E-state index contributed by atoms with van der Waals surface area (Å²) in [6.07, 6.45) is 0.847. The van der Waals surface area contributed by atoms with Crippen molar-refractivity contribution >= 4 is 23.6 Å². The molecule has 4 nitrogen and oxygen atoms in total. The third-order valence-corrected chi connectivity index (χ3v) is 5.84. The Balaban J connectivity index is 1.65. The van der Waals surface area contributed by atoms with Crippen LogP contribution in [0.25, 0.3) is 0 Å². The van der Waals surface area contributed by atoms with Gasteiger partial charge in [-0.05, 0) is 35.6 Å². The second-order valence-electron chi connectivity index (χ2n) is 7.21. The van der Waals surface area contributed by atoms with Crippen molar-refractivity contribution in [3.05, 3.63) is 71.3 Å². The summed E-state index contributed by atoms with van der Waals surface area (Å²) in [5, 5.41) is 2.96. The van der Waals surface area contributed by atoms with Gasteiger partial charge in [-0.2, -0.15) is 0 Å². The molecule has 1 unspecified atom stereocenters. The van der Waals surface area contributed by atoms with Crippen LogP contribution in [0.5, 0.6) is 0 Å². The summed E-state index contributed by atoms with van der Waals surface area (Å²) >= 11 is 1.65. The number of rotatable bonds is 7. The van der Waals surface area contributed by atoms with E-state index in [2.05, 4.69) is 31.3 Å². The Hall–Kier alpha value is -2.27. The van der Waals surface area contributed by atoms with Gasteiger partial charge in [0.1, 0.15) is 5.37 Å². The van der Waals surface area contributed by atoms with E-state index in [0.717, 1.165) is 12.0 Å². The first-order chi connectivity index (χ1) is 13.0. The summed E-state index contributed by atoms with van der Waals surface area (Å²) in [5.74, 6) is 1.06. The lowest BCUT2D eigenvalue weighted by Crippen LogP contribution is -2.30. The smallest absolute Gasteiger partial charge is 0.251 e. The van der Waals surface area contributed by atoms with E-state index in [0.29, 0.717) is 30.3 Å². The topological polar surface area (TPSA) is 49.4 Å². The van der Waals surface area contributed by atoms with Crippen LogP contribution in [0.15, 0.2) is 54.6 Å².